The summed E-state index contributed by atoms with van der Waals surface area (Å²) in [6, 6.07) is 9.27. The Morgan fingerprint density at radius 3 is 2.84 bits per heavy atom. The molecule has 1 amide bonds. The van der Waals surface area contributed by atoms with E-state index in [-0.39, 0.29) is 17.5 Å². The van der Waals surface area contributed by atoms with Crippen LogP contribution in [0.5, 0.6) is 5.75 Å². The van der Waals surface area contributed by atoms with Crippen molar-refractivity contribution in [2.45, 2.75) is 38.6 Å². The fourth-order valence-corrected chi connectivity index (χ4v) is 3.14. The molecule has 0 unspecified atom stereocenters. The summed E-state index contributed by atoms with van der Waals surface area (Å²) < 4.78 is 6.77. The number of hydrogen-bond donors (Lipinski definition) is 1. The molecule has 6 heteroatoms. The molecule has 1 heterocycles. The summed E-state index contributed by atoms with van der Waals surface area (Å²) in [5, 5.41) is 7.37. The summed E-state index contributed by atoms with van der Waals surface area (Å²) >= 11 is 0. The van der Waals surface area contributed by atoms with Crippen LogP contribution >= 0.6 is 0 Å². The summed E-state index contributed by atoms with van der Waals surface area (Å²) in [6.45, 7) is 2.57. The Kier molecular flexibility index (Phi) is 5.16. The van der Waals surface area contributed by atoms with Gasteiger partial charge in [-0.25, -0.2) is 4.68 Å². The summed E-state index contributed by atoms with van der Waals surface area (Å²) in [4.78, 5) is 24.0. The van der Waals surface area contributed by atoms with Gasteiger partial charge in [0.25, 0.3) is 5.56 Å². The molecule has 3 rings (SSSR count). The molecule has 1 aliphatic carbocycles. The standard InChI is InChI=1S/C19H23N3O3/c1-3-25-16-7-4-13(5-8-16)10-18(23)20-15-6-9-17-14(11-15)12-19(24)22(2)21-17/h4-5,7-8,12,15H,3,6,9-11H2,1-2H3,(H,20,23)/t15-/m1/s1. The van der Waals surface area contributed by atoms with Gasteiger partial charge in [0.15, 0.2) is 0 Å². The van der Waals surface area contributed by atoms with Crippen LogP contribution in [0.3, 0.4) is 0 Å². The van der Waals surface area contributed by atoms with E-state index in [1.165, 1.54) is 4.68 Å². The Hall–Kier alpha value is -2.63. The Morgan fingerprint density at radius 2 is 2.12 bits per heavy atom. The highest BCUT2D eigenvalue weighted by Gasteiger charge is 2.22. The third-order valence-corrected chi connectivity index (χ3v) is 4.42. The van der Waals surface area contributed by atoms with Gasteiger partial charge >= 0.3 is 0 Å². The first-order valence-corrected chi connectivity index (χ1v) is 8.62. The lowest BCUT2D eigenvalue weighted by Gasteiger charge is -2.25. The van der Waals surface area contributed by atoms with Crippen molar-refractivity contribution in [2.24, 2.45) is 7.05 Å². The summed E-state index contributed by atoms with van der Waals surface area (Å²) in [6.07, 6.45) is 2.61. The number of carbonyl (C=O) groups is 1. The largest absolute Gasteiger partial charge is 0.494 e. The van der Waals surface area contributed by atoms with Crippen molar-refractivity contribution in [3.05, 3.63) is 57.5 Å². The maximum absolute atomic E-state index is 12.3. The highest BCUT2D eigenvalue weighted by Crippen LogP contribution is 2.18. The number of fused-ring (bicyclic) bond motifs is 1. The van der Waals surface area contributed by atoms with Crippen molar-refractivity contribution in [3.63, 3.8) is 0 Å². The van der Waals surface area contributed by atoms with Gasteiger partial charge in [0.05, 0.1) is 18.7 Å². The molecular weight excluding hydrogens is 318 g/mol. The Bertz CT molecular complexity index is 812. The van der Waals surface area contributed by atoms with Crippen LogP contribution in [0.25, 0.3) is 0 Å². The van der Waals surface area contributed by atoms with Crippen molar-refractivity contribution < 1.29 is 9.53 Å². The highest BCUT2D eigenvalue weighted by molar-refractivity contribution is 5.79. The third kappa shape index (κ3) is 4.26. The fourth-order valence-electron chi connectivity index (χ4n) is 3.14. The molecule has 132 valence electrons. The van der Waals surface area contributed by atoms with E-state index >= 15 is 0 Å². The van der Waals surface area contributed by atoms with Crippen molar-refractivity contribution >= 4 is 5.91 Å². The van der Waals surface area contributed by atoms with Gasteiger partial charge in [-0.2, -0.15) is 5.10 Å². The van der Waals surface area contributed by atoms with Gasteiger partial charge in [-0.1, -0.05) is 12.1 Å². The normalized spacial score (nSPS) is 16.2. The van der Waals surface area contributed by atoms with Crippen molar-refractivity contribution in [1.29, 1.82) is 0 Å². The van der Waals surface area contributed by atoms with Crippen LogP contribution in [0.15, 0.2) is 35.1 Å². The van der Waals surface area contributed by atoms with E-state index in [2.05, 4.69) is 10.4 Å². The van der Waals surface area contributed by atoms with Crippen LogP contribution in [-0.2, 0) is 31.1 Å². The van der Waals surface area contributed by atoms with Crippen LogP contribution < -0.4 is 15.6 Å². The van der Waals surface area contributed by atoms with Crippen LogP contribution in [0, 0.1) is 0 Å². The van der Waals surface area contributed by atoms with Crippen molar-refractivity contribution in [1.82, 2.24) is 15.1 Å². The first kappa shape index (κ1) is 17.2. The summed E-state index contributed by atoms with van der Waals surface area (Å²) in [5.74, 6) is 0.805. The number of carbonyl (C=O) groups excluding carboxylic acids is 1. The summed E-state index contributed by atoms with van der Waals surface area (Å²) in [5.41, 5.74) is 2.74. The minimum atomic E-state index is -0.111. The first-order chi connectivity index (χ1) is 12.0. The van der Waals surface area contributed by atoms with E-state index in [0.29, 0.717) is 19.4 Å². The van der Waals surface area contributed by atoms with Crippen LogP contribution in [0.2, 0.25) is 0 Å². The molecule has 2 aromatic rings. The second-order valence-corrected chi connectivity index (χ2v) is 6.34. The topological polar surface area (TPSA) is 73.2 Å². The van der Waals surface area contributed by atoms with Crippen LogP contribution in [-0.4, -0.2) is 28.3 Å². The maximum Gasteiger partial charge on any atom is 0.266 e. The number of amides is 1. The molecule has 0 bridgehead atoms. The molecule has 1 atom stereocenters. The zero-order valence-electron chi connectivity index (χ0n) is 14.6. The molecule has 0 spiro atoms. The average molecular weight is 341 g/mol. The van der Waals surface area contributed by atoms with Gasteiger partial charge in [0.2, 0.25) is 5.91 Å². The van der Waals surface area contributed by atoms with Gasteiger partial charge in [-0.15, -0.1) is 0 Å². The number of nitrogens with one attached hydrogen (secondary N) is 1. The predicted octanol–water partition coefficient (Wildman–Crippen LogP) is 1.40. The van der Waals surface area contributed by atoms with E-state index in [0.717, 1.165) is 35.4 Å². The predicted molar refractivity (Wildman–Crippen MR) is 94.7 cm³/mol. The van der Waals surface area contributed by atoms with E-state index < -0.39 is 0 Å². The fraction of sp³-hybridized carbons (Fsp3) is 0.421. The molecule has 0 radical (unpaired) electrons. The molecule has 0 aliphatic heterocycles. The molecule has 25 heavy (non-hydrogen) atoms. The molecule has 1 aliphatic rings. The zero-order chi connectivity index (χ0) is 17.8. The smallest absolute Gasteiger partial charge is 0.266 e. The number of ether oxygens (including phenoxy) is 1. The Morgan fingerprint density at radius 1 is 1.36 bits per heavy atom. The molecule has 0 saturated heterocycles. The average Bonchev–Trinajstić information content (AvgIpc) is 2.58. The Balaban J connectivity index is 1.58. The summed E-state index contributed by atoms with van der Waals surface area (Å²) in [7, 11) is 1.66. The second kappa shape index (κ2) is 7.51. The van der Waals surface area contributed by atoms with Gasteiger partial charge in [-0.05, 0) is 49.4 Å². The number of aromatic nitrogens is 2. The minimum Gasteiger partial charge on any atom is -0.494 e. The van der Waals surface area contributed by atoms with Gasteiger partial charge in [-0.3, -0.25) is 9.59 Å². The number of rotatable bonds is 5. The second-order valence-electron chi connectivity index (χ2n) is 6.34. The lowest BCUT2D eigenvalue weighted by molar-refractivity contribution is -0.121. The molecule has 0 saturated carbocycles. The molecule has 1 N–H and O–H groups in total. The molecule has 0 fully saturated rings. The Labute approximate surface area is 146 Å². The molecular formula is C19H23N3O3. The highest BCUT2D eigenvalue weighted by atomic mass is 16.5. The molecule has 1 aromatic carbocycles. The van der Waals surface area contributed by atoms with E-state index in [1.807, 2.05) is 31.2 Å². The number of benzene rings is 1. The van der Waals surface area contributed by atoms with Crippen LogP contribution in [0.1, 0.15) is 30.2 Å². The third-order valence-electron chi connectivity index (χ3n) is 4.42. The number of nitrogens with zero attached hydrogens (tertiary/aromatic N) is 2. The maximum atomic E-state index is 12.3. The lowest BCUT2D eigenvalue weighted by atomic mass is 9.92. The van der Waals surface area contributed by atoms with Crippen LogP contribution in [0.4, 0.5) is 0 Å². The van der Waals surface area contributed by atoms with Crippen molar-refractivity contribution in [2.75, 3.05) is 6.61 Å². The van der Waals surface area contributed by atoms with Gasteiger partial charge in [0, 0.05) is 19.2 Å². The zero-order valence-corrected chi connectivity index (χ0v) is 14.6. The first-order valence-electron chi connectivity index (χ1n) is 8.62. The quantitative estimate of drug-likeness (QED) is 0.892. The van der Waals surface area contributed by atoms with E-state index in [1.54, 1.807) is 13.1 Å². The van der Waals surface area contributed by atoms with Gasteiger partial charge in [0.1, 0.15) is 5.75 Å². The monoisotopic (exact) mass is 341 g/mol. The lowest BCUT2D eigenvalue weighted by Crippen LogP contribution is -2.40. The van der Waals surface area contributed by atoms with Crippen molar-refractivity contribution in [3.8, 4) is 5.75 Å². The van der Waals surface area contributed by atoms with E-state index in [4.69, 9.17) is 4.74 Å². The minimum absolute atomic E-state index is 0.00518. The molecule has 1 aromatic heterocycles. The SMILES string of the molecule is CCOc1ccc(CC(=O)N[C@@H]2CCc3nn(C)c(=O)cc3C2)cc1. The number of aryl methyl sites for hydroxylation is 2. The number of hydrogen-bond acceptors (Lipinski definition) is 4. The molecule has 6 nitrogen and oxygen atoms in total. The van der Waals surface area contributed by atoms with E-state index in [9.17, 15) is 9.59 Å². The van der Waals surface area contributed by atoms with Gasteiger partial charge < -0.3 is 10.1 Å².